The van der Waals surface area contributed by atoms with E-state index in [0.29, 0.717) is 5.56 Å². The van der Waals surface area contributed by atoms with Crippen LogP contribution in [0.2, 0.25) is 0 Å². The third kappa shape index (κ3) is 2.22. The lowest BCUT2D eigenvalue weighted by atomic mass is 10.1. The number of aromatic carboxylic acids is 1. The Bertz CT molecular complexity index is 593. The Hall–Kier alpha value is -2.24. The fraction of sp³-hybridized carbons (Fsp3) is 0.167. The Morgan fingerprint density at radius 3 is 2.67 bits per heavy atom. The minimum atomic E-state index is -2.99. The molecule has 0 spiro atoms. The van der Waals surface area contributed by atoms with E-state index in [9.17, 15) is 13.6 Å². The van der Waals surface area contributed by atoms with Crippen LogP contribution in [0, 0.1) is 6.92 Å². The number of hydrogen-bond acceptors (Lipinski definition) is 3. The van der Waals surface area contributed by atoms with Gasteiger partial charge in [0, 0.05) is 5.56 Å². The molecule has 0 saturated carbocycles. The van der Waals surface area contributed by atoms with Crippen molar-refractivity contribution < 1.29 is 23.1 Å². The fourth-order valence-electron chi connectivity index (χ4n) is 1.53. The van der Waals surface area contributed by atoms with Gasteiger partial charge in [0.1, 0.15) is 0 Å². The highest BCUT2D eigenvalue weighted by molar-refractivity contribution is 5.86. The van der Waals surface area contributed by atoms with Crippen molar-refractivity contribution in [3.8, 4) is 11.5 Å². The second kappa shape index (κ2) is 4.56. The van der Waals surface area contributed by atoms with Crippen LogP contribution in [-0.4, -0.2) is 16.1 Å². The normalized spacial score (nSPS) is 10.9. The fourth-order valence-corrected chi connectivity index (χ4v) is 1.53. The van der Waals surface area contributed by atoms with Gasteiger partial charge in [-0.2, -0.15) is 0 Å². The summed E-state index contributed by atoms with van der Waals surface area (Å²) in [6.45, 7) is 1.82. The molecular weight excluding hydrogens is 244 g/mol. The van der Waals surface area contributed by atoms with Crippen LogP contribution in [0.5, 0.6) is 0 Å². The number of carboxylic acids is 1. The second-order valence-corrected chi connectivity index (χ2v) is 3.71. The predicted octanol–water partition coefficient (Wildman–Crippen LogP) is 3.29. The molecule has 1 N–H and O–H groups in total. The van der Waals surface area contributed by atoms with Crippen LogP contribution in [0.3, 0.4) is 0 Å². The highest BCUT2D eigenvalue weighted by atomic mass is 19.3. The van der Waals surface area contributed by atoms with Gasteiger partial charge in [-0.15, -0.1) is 0 Å². The molecule has 0 aliphatic rings. The van der Waals surface area contributed by atoms with E-state index in [1.54, 1.807) is 18.2 Å². The molecule has 0 saturated heterocycles. The van der Waals surface area contributed by atoms with E-state index in [-0.39, 0.29) is 5.89 Å². The third-order valence-corrected chi connectivity index (χ3v) is 2.32. The highest BCUT2D eigenvalue weighted by Crippen LogP contribution is 2.28. The summed E-state index contributed by atoms with van der Waals surface area (Å²) >= 11 is 0. The van der Waals surface area contributed by atoms with Gasteiger partial charge in [0.25, 0.3) is 6.43 Å². The summed E-state index contributed by atoms with van der Waals surface area (Å²) in [5, 5.41) is 8.76. The van der Waals surface area contributed by atoms with Crippen molar-refractivity contribution in [3.05, 3.63) is 41.3 Å². The number of nitrogens with zero attached hydrogens (tertiary/aromatic N) is 1. The number of halogens is 2. The van der Waals surface area contributed by atoms with Gasteiger partial charge in [-0.3, -0.25) is 0 Å². The van der Waals surface area contributed by atoms with E-state index in [2.05, 4.69) is 4.98 Å². The van der Waals surface area contributed by atoms with E-state index in [1.165, 1.54) is 0 Å². The van der Waals surface area contributed by atoms with Crippen LogP contribution in [0.15, 0.2) is 28.7 Å². The molecule has 0 aliphatic carbocycles. The smallest absolute Gasteiger partial charge is 0.374 e. The summed E-state index contributed by atoms with van der Waals surface area (Å²) in [6, 6.07) is 6.81. The molecule has 18 heavy (non-hydrogen) atoms. The van der Waals surface area contributed by atoms with Crippen molar-refractivity contribution in [1.29, 1.82) is 0 Å². The molecule has 0 bridgehead atoms. The van der Waals surface area contributed by atoms with Gasteiger partial charge in [0.15, 0.2) is 5.69 Å². The average Bonchev–Trinajstić information content (AvgIpc) is 2.73. The van der Waals surface area contributed by atoms with Crippen LogP contribution < -0.4 is 0 Å². The van der Waals surface area contributed by atoms with Gasteiger partial charge in [0.05, 0.1) is 0 Å². The van der Waals surface area contributed by atoms with Crippen molar-refractivity contribution in [2.24, 2.45) is 0 Å². The maximum Gasteiger partial charge on any atom is 0.374 e. The number of aryl methyl sites for hydroxylation is 1. The van der Waals surface area contributed by atoms with Crippen LogP contribution >= 0.6 is 0 Å². The summed E-state index contributed by atoms with van der Waals surface area (Å²) in [5.41, 5.74) is 0.504. The SMILES string of the molecule is Cc1cccc(-c2nc(C(F)F)c(C(=O)O)o2)c1. The Labute approximate surface area is 101 Å². The van der Waals surface area contributed by atoms with Crippen molar-refractivity contribution in [3.63, 3.8) is 0 Å². The molecule has 0 radical (unpaired) electrons. The number of aromatic nitrogens is 1. The second-order valence-electron chi connectivity index (χ2n) is 3.71. The van der Waals surface area contributed by atoms with E-state index in [4.69, 9.17) is 9.52 Å². The highest BCUT2D eigenvalue weighted by Gasteiger charge is 2.26. The minimum Gasteiger partial charge on any atom is -0.475 e. The molecule has 0 fully saturated rings. The summed E-state index contributed by atoms with van der Waals surface area (Å²) in [4.78, 5) is 14.3. The van der Waals surface area contributed by atoms with Crippen molar-refractivity contribution >= 4 is 5.97 Å². The quantitative estimate of drug-likeness (QED) is 0.911. The summed E-state index contributed by atoms with van der Waals surface area (Å²) in [7, 11) is 0. The molecule has 0 aliphatic heterocycles. The predicted molar refractivity (Wildman–Crippen MR) is 58.6 cm³/mol. The number of alkyl halides is 2. The lowest BCUT2D eigenvalue weighted by Gasteiger charge is -1.96. The first-order valence-corrected chi connectivity index (χ1v) is 5.08. The zero-order valence-electron chi connectivity index (χ0n) is 9.35. The van der Waals surface area contributed by atoms with Crippen LogP contribution in [0.1, 0.15) is 28.2 Å². The lowest BCUT2D eigenvalue weighted by Crippen LogP contribution is -1.99. The van der Waals surface area contributed by atoms with Crippen LogP contribution in [0.4, 0.5) is 8.78 Å². The molecule has 2 rings (SSSR count). The molecule has 2 aromatic rings. The van der Waals surface area contributed by atoms with Gasteiger partial charge in [0.2, 0.25) is 11.7 Å². The Kier molecular flexibility index (Phi) is 3.10. The van der Waals surface area contributed by atoms with E-state index in [0.717, 1.165) is 5.56 Å². The van der Waals surface area contributed by atoms with E-state index < -0.39 is 23.8 Å². The van der Waals surface area contributed by atoms with Crippen molar-refractivity contribution in [2.45, 2.75) is 13.3 Å². The molecule has 0 unspecified atom stereocenters. The van der Waals surface area contributed by atoms with Gasteiger partial charge >= 0.3 is 5.97 Å². The van der Waals surface area contributed by atoms with Crippen molar-refractivity contribution in [1.82, 2.24) is 4.98 Å². The van der Waals surface area contributed by atoms with Gasteiger partial charge in [-0.05, 0) is 19.1 Å². The van der Waals surface area contributed by atoms with Crippen molar-refractivity contribution in [2.75, 3.05) is 0 Å². The zero-order chi connectivity index (χ0) is 13.3. The summed E-state index contributed by atoms with van der Waals surface area (Å²) in [6.07, 6.45) is -2.99. The lowest BCUT2D eigenvalue weighted by molar-refractivity contribution is 0.0647. The zero-order valence-corrected chi connectivity index (χ0v) is 9.35. The molecular formula is C12H9F2NO3. The molecule has 1 aromatic carbocycles. The maximum absolute atomic E-state index is 12.6. The van der Waals surface area contributed by atoms with Crippen LogP contribution in [-0.2, 0) is 0 Å². The number of carbonyl (C=O) groups is 1. The number of hydrogen-bond donors (Lipinski definition) is 1. The minimum absolute atomic E-state index is 0.119. The molecule has 1 aromatic heterocycles. The number of carboxylic acid groups (broad SMARTS) is 1. The van der Waals surface area contributed by atoms with Gasteiger partial charge in [-0.25, -0.2) is 18.6 Å². The first-order valence-electron chi connectivity index (χ1n) is 5.08. The van der Waals surface area contributed by atoms with Gasteiger partial charge < -0.3 is 9.52 Å². The molecule has 94 valence electrons. The van der Waals surface area contributed by atoms with Gasteiger partial charge in [-0.1, -0.05) is 17.7 Å². The first-order chi connectivity index (χ1) is 8.49. The van der Waals surface area contributed by atoms with Crippen LogP contribution in [0.25, 0.3) is 11.5 Å². The number of rotatable bonds is 3. The largest absolute Gasteiger partial charge is 0.475 e. The molecule has 0 amide bonds. The topological polar surface area (TPSA) is 63.3 Å². The summed E-state index contributed by atoms with van der Waals surface area (Å²) in [5.74, 6) is -2.50. The Balaban J connectivity index is 2.53. The molecule has 1 heterocycles. The summed E-state index contributed by atoms with van der Waals surface area (Å²) < 4.78 is 30.1. The molecule has 4 nitrogen and oxygen atoms in total. The number of oxazole rings is 1. The first kappa shape index (κ1) is 12.2. The standard InChI is InChI=1S/C12H9F2NO3/c1-6-3-2-4-7(5-6)11-15-8(10(13)14)9(18-11)12(16)17/h2-5,10H,1H3,(H,16,17). The average molecular weight is 253 g/mol. The number of benzene rings is 1. The van der Waals surface area contributed by atoms with E-state index >= 15 is 0 Å². The molecule has 0 atom stereocenters. The van der Waals surface area contributed by atoms with E-state index in [1.807, 2.05) is 13.0 Å². The Morgan fingerprint density at radius 2 is 2.17 bits per heavy atom. The third-order valence-electron chi connectivity index (χ3n) is 2.32. The maximum atomic E-state index is 12.6. The molecule has 6 heteroatoms. The monoisotopic (exact) mass is 253 g/mol. The Morgan fingerprint density at radius 1 is 1.44 bits per heavy atom.